The van der Waals surface area contributed by atoms with E-state index in [0.29, 0.717) is 17.9 Å². The van der Waals surface area contributed by atoms with Crippen LogP contribution < -0.4 is 10.4 Å². The molecule has 1 heterocycles. The van der Waals surface area contributed by atoms with Crippen LogP contribution in [0.15, 0.2) is 51.2 Å². The highest BCUT2D eigenvalue weighted by atomic mass is 16.5. The number of hydrogen-bond donors (Lipinski definition) is 0. The summed E-state index contributed by atoms with van der Waals surface area (Å²) in [5.41, 5.74) is 1.10. The van der Waals surface area contributed by atoms with Gasteiger partial charge in [-0.05, 0) is 25.1 Å². The van der Waals surface area contributed by atoms with Gasteiger partial charge in [-0.25, -0.2) is 4.79 Å². The van der Waals surface area contributed by atoms with Crippen molar-refractivity contribution >= 4 is 16.9 Å². The van der Waals surface area contributed by atoms with Crippen molar-refractivity contribution in [2.45, 2.75) is 40.2 Å². The Hall–Kier alpha value is -2.56. The summed E-state index contributed by atoms with van der Waals surface area (Å²) in [6.07, 6.45) is 2.66. The Bertz CT molecular complexity index is 906. The molecule has 1 aromatic carbocycles. The molecule has 0 radical (unpaired) electrons. The van der Waals surface area contributed by atoms with E-state index in [9.17, 15) is 9.59 Å². The summed E-state index contributed by atoms with van der Waals surface area (Å²) >= 11 is 0. The predicted octanol–water partition coefficient (Wildman–Crippen LogP) is 4.10. The Morgan fingerprint density at radius 3 is 2.73 bits per heavy atom. The maximum absolute atomic E-state index is 11.4. The molecule has 138 valence electrons. The highest BCUT2D eigenvalue weighted by Gasteiger charge is 2.42. The first-order chi connectivity index (χ1) is 12.3. The quantitative estimate of drug-likeness (QED) is 0.469. The Labute approximate surface area is 152 Å². The van der Waals surface area contributed by atoms with Crippen LogP contribution in [-0.4, -0.2) is 18.7 Å². The fraction of sp³-hybridized carbons (Fsp3) is 0.429. The van der Waals surface area contributed by atoms with E-state index in [1.54, 1.807) is 12.1 Å². The van der Waals surface area contributed by atoms with E-state index in [4.69, 9.17) is 13.9 Å². The average molecular weight is 356 g/mol. The van der Waals surface area contributed by atoms with Gasteiger partial charge in [0.25, 0.3) is 0 Å². The lowest BCUT2D eigenvalue weighted by atomic mass is 9.67. The molecule has 1 aliphatic rings. The topological polar surface area (TPSA) is 65.7 Å². The number of carbonyl (C=O) groups excluding carboxylic acids is 1. The standard InChI is InChI=1S/C21H24O5/c1-13-5-9-19(25-14(2)22)21(3,4)17(13)12-24-16-8-6-15-7-10-20(23)26-18(15)11-16/h5-8,10-11,17,19H,9,12H2,1-4H3. The molecule has 2 unspecified atom stereocenters. The summed E-state index contributed by atoms with van der Waals surface area (Å²) in [6, 6.07) is 8.59. The fourth-order valence-electron chi connectivity index (χ4n) is 3.61. The van der Waals surface area contributed by atoms with Gasteiger partial charge in [0.15, 0.2) is 0 Å². The lowest BCUT2D eigenvalue weighted by molar-refractivity contribution is -0.155. The van der Waals surface area contributed by atoms with Gasteiger partial charge in [-0.1, -0.05) is 25.5 Å². The Morgan fingerprint density at radius 1 is 1.27 bits per heavy atom. The maximum atomic E-state index is 11.4. The monoisotopic (exact) mass is 356 g/mol. The summed E-state index contributed by atoms with van der Waals surface area (Å²) in [4.78, 5) is 22.8. The van der Waals surface area contributed by atoms with Gasteiger partial charge in [0.1, 0.15) is 17.4 Å². The summed E-state index contributed by atoms with van der Waals surface area (Å²) in [5, 5.41) is 0.848. The third kappa shape index (κ3) is 3.66. The van der Waals surface area contributed by atoms with Crippen LogP contribution >= 0.6 is 0 Å². The van der Waals surface area contributed by atoms with E-state index in [1.807, 2.05) is 12.1 Å². The summed E-state index contributed by atoms with van der Waals surface area (Å²) < 4.78 is 16.7. The van der Waals surface area contributed by atoms with Gasteiger partial charge in [0.05, 0.1) is 6.61 Å². The van der Waals surface area contributed by atoms with Crippen molar-refractivity contribution in [2.75, 3.05) is 6.61 Å². The molecule has 5 heteroatoms. The van der Waals surface area contributed by atoms with Crippen molar-refractivity contribution in [3.63, 3.8) is 0 Å². The van der Waals surface area contributed by atoms with Crippen molar-refractivity contribution in [3.8, 4) is 5.75 Å². The summed E-state index contributed by atoms with van der Waals surface area (Å²) in [6.45, 7) is 8.18. The van der Waals surface area contributed by atoms with Crippen LogP contribution in [0.4, 0.5) is 0 Å². The van der Waals surface area contributed by atoms with E-state index in [0.717, 1.165) is 11.8 Å². The van der Waals surface area contributed by atoms with Gasteiger partial charge in [-0.15, -0.1) is 0 Å². The van der Waals surface area contributed by atoms with Crippen LogP contribution in [0.25, 0.3) is 11.0 Å². The van der Waals surface area contributed by atoms with Crippen LogP contribution in [0.5, 0.6) is 5.75 Å². The highest BCUT2D eigenvalue weighted by Crippen LogP contribution is 2.43. The predicted molar refractivity (Wildman–Crippen MR) is 99.2 cm³/mol. The number of hydrogen-bond acceptors (Lipinski definition) is 5. The molecular weight excluding hydrogens is 332 g/mol. The fourth-order valence-corrected chi connectivity index (χ4v) is 3.61. The first-order valence-corrected chi connectivity index (χ1v) is 8.78. The smallest absolute Gasteiger partial charge is 0.336 e. The van der Waals surface area contributed by atoms with E-state index >= 15 is 0 Å². The third-order valence-corrected chi connectivity index (χ3v) is 5.25. The molecule has 5 nitrogen and oxygen atoms in total. The minimum atomic E-state index is -0.383. The second kappa shape index (κ2) is 6.98. The van der Waals surface area contributed by atoms with Gasteiger partial charge in [0, 0.05) is 42.2 Å². The number of benzene rings is 1. The molecule has 0 bridgehead atoms. The van der Waals surface area contributed by atoms with Gasteiger partial charge in [0.2, 0.25) is 0 Å². The highest BCUT2D eigenvalue weighted by molar-refractivity contribution is 5.77. The lowest BCUT2D eigenvalue weighted by Crippen LogP contribution is -2.44. The number of ether oxygens (including phenoxy) is 2. The molecule has 1 aromatic heterocycles. The molecule has 2 atom stereocenters. The van der Waals surface area contributed by atoms with Crippen LogP contribution in [0.3, 0.4) is 0 Å². The van der Waals surface area contributed by atoms with Gasteiger partial charge >= 0.3 is 11.6 Å². The second-order valence-electron chi connectivity index (χ2n) is 7.42. The zero-order chi connectivity index (χ0) is 18.9. The molecule has 2 aromatic rings. The van der Waals surface area contributed by atoms with E-state index in [1.165, 1.54) is 18.6 Å². The minimum absolute atomic E-state index is 0.110. The van der Waals surface area contributed by atoms with Crippen LogP contribution in [-0.2, 0) is 9.53 Å². The molecule has 3 rings (SSSR count). The van der Waals surface area contributed by atoms with Crippen LogP contribution in [0, 0.1) is 11.3 Å². The molecule has 26 heavy (non-hydrogen) atoms. The normalized spacial score (nSPS) is 21.9. The zero-order valence-corrected chi connectivity index (χ0v) is 15.6. The largest absolute Gasteiger partial charge is 0.493 e. The number of esters is 1. The van der Waals surface area contributed by atoms with E-state index in [-0.39, 0.29) is 29.0 Å². The molecule has 0 aliphatic heterocycles. The van der Waals surface area contributed by atoms with Crippen molar-refractivity contribution in [3.05, 3.63) is 52.4 Å². The van der Waals surface area contributed by atoms with Crippen molar-refractivity contribution in [2.24, 2.45) is 11.3 Å². The van der Waals surface area contributed by atoms with Gasteiger partial charge in [-0.3, -0.25) is 4.79 Å². The lowest BCUT2D eigenvalue weighted by Gasteiger charge is -2.43. The molecule has 0 spiro atoms. The molecule has 0 amide bonds. The molecule has 0 N–H and O–H groups in total. The van der Waals surface area contributed by atoms with Crippen molar-refractivity contribution in [1.29, 1.82) is 0 Å². The second-order valence-corrected chi connectivity index (χ2v) is 7.42. The van der Waals surface area contributed by atoms with Crippen LogP contribution in [0.1, 0.15) is 34.1 Å². The summed E-state index contributed by atoms with van der Waals surface area (Å²) in [5.74, 6) is 0.490. The first-order valence-electron chi connectivity index (χ1n) is 8.78. The minimum Gasteiger partial charge on any atom is -0.493 e. The number of carbonyl (C=O) groups is 1. The number of fused-ring (bicyclic) bond motifs is 1. The number of rotatable bonds is 4. The van der Waals surface area contributed by atoms with Gasteiger partial charge < -0.3 is 13.9 Å². The first kappa shape index (κ1) is 18.2. The Balaban J connectivity index is 1.79. The average Bonchev–Trinajstić information content (AvgIpc) is 2.56. The molecular formula is C21H24O5. The third-order valence-electron chi connectivity index (χ3n) is 5.25. The van der Waals surface area contributed by atoms with Crippen LogP contribution in [0.2, 0.25) is 0 Å². The SMILES string of the molecule is CC(=O)OC1CC=C(C)C(COc2ccc3ccc(=O)oc3c2)C1(C)C. The van der Waals surface area contributed by atoms with Crippen molar-refractivity contribution < 1.29 is 18.7 Å². The Kier molecular flexibility index (Phi) is 4.90. The Morgan fingerprint density at radius 2 is 2.00 bits per heavy atom. The molecule has 0 saturated carbocycles. The molecule has 0 fully saturated rings. The van der Waals surface area contributed by atoms with E-state index < -0.39 is 0 Å². The maximum Gasteiger partial charge on any atom is 0.336 e. The zero-order valence-electron chi connectivity index (χ0n) is 15.6. The van der Waals surface area contributed by atoms with Gasteiger partial charge in [-0.2, -0.15) is 0 Å². The summed E-state index contributed by atoms with van der Waals surface area (Å²) in [7, 11) is 0. The molecule has 1 aliphatic carbocycles. The van der Waals surface area contributed by atoms with E-state index in [2.05, 4.69) is 26.8 Å². The molecule has 0 saturated heterocycles. The van der Waals surface area contributed by atoms with Crippen molar-refractivity contribution in [1.82, 2.24) is 0 Å².